The summed E-state index contributed by atoms with van der Waals surface area (Å²) >= 11 is 0. The number of ether oxygens (including phenoxy) is 1. The molecular formula is C15H29NO. The van der Waals surface area contributed by atoms with Crippen molar-refractivity contribution in [2.75, 3.05) is 19.8 Å². The van der Waals surface area contributed by atoms with Crippen molar-refractivity contribution in [1.29, 1.82) is 0 Å². The van der Waals surface area contributed by atoms with Crippen LogP contribution in [0.3, 0.4) is 0 Å². The lowest BCUT2D eigenvalue weighted by Gasteiger charge is -2.29. The zero-order valence-electron chi connectivity index (χ0n) is 11.4. The summed E-state index contributed by atoms with van der Waals surface area (Å²) in [5, 5.41) is 3.79. The fourth-order valence-corrected chi connectivity index (χ4v) is 3.30. The minimum atomic E-state index is 0.683. The van der Waals surface area contributed by atoms with E-state index in [1.54, 1.807) is 0 Å². The molecule has 2 heteroatoms. The van der Waals surface area contributed by atoms with Gasteiger partial charge < -0.3 is 10.1 Å². The van der Waals surface area contributed by atoms with Crippen LogP contribution in [0.2, 0.25) is 0 Å². The maximum absolute atomic E-state index is 5.43. The molecule has 1 unspecified atom stereocenters. The van der Waals surface area contributed by atoms with E-state index in [9.17, 15) is 0 Å². The summed E-state index contributed by atoms with van der Waals surface area (Å²) in [5.74, 6) is 1.79. The van der Waals surface area contributed by atoms with Gasteiger partial charge in [0.1, 0.15) is 0 Å². The molecule has 0 amide bonds. The molecule has 2 fully saturated rings. The van der Waals surface area contributed by atoms with Crippen molar-refractivity contribution in [1.82, 2.24) is 5.32 Å². The topological polar surface area (TPSA) is 21.3 Å². The molecule has 0 bridgehead atoms. The third-order valence-electron chi connectivity index (χ3n) is 4.68. The maximum atomic E-state index is 5.43. The minimum absolute atomic E-state index is 0.683. The van der Waals surface area contributed by atoms with Gasteiger partial charge in [0.2, 0.25) is 0 Å². The molecule has 0 aromatic carbocycles. The van der Waals surface area contributed by atoms with E-state index in [1.807, 2.05) is 0 Å². The van der Waals surface area contributed by atoms with E-state index >= 15 is 0 Å². The normalized spacial score (nSPS) is 26.6. The zero-order valence-corrected chi connectivity index (χ0v) is 11.4. The molecule has 2 rings (SSSR count). The Balaban J connectivity index is 1.65. The van der Waals surface area contributed by atoms with Gasteiger partial charge in [-0.15, -0.1) is 0 Å². The van der Waals surface area contributed by atoms with Gasteiger partial charge in [-0.2, -0.15) is 0 Å². The molecule has 1 saturated carbocycles. The van der Waals surface area contributed by atoms with Crippen LogP contribution in [-0.4, -0.2) is 25.8 Å². The van der Waals surface area contributed by atoms with Crippen molar-refractivity contribution < 1.29 is 4.74 Å². The number of hydrogen-bond acceptors (Lipinski definition) is 2. The molecule has 2 nitrogen and oxygen atoms in total. The second-order valence-corrected chi connectivity index (χ2v) is 6.00. The van der Waals surface area contributed by atoms with Gasteiger partial charge in [-0.05, 0) is 51.0 Å². The summed E-state index contributed by atoms with van der Waals surface area (Å²) in [7, 11) is 0. The maximum Gasteiger partial charge on any atom is 0.0469 e. The van der Waals surface area contributed by atoms with Gasteiger partial charge in [-0.3, -0.25) is 0 Å². The van der Waals surface area contributed by atoms with Crippen molar-refractivity contribution in [3.8, 4) is 0 Å². The Morgan fingerprint density at radius 2 is 1.65 bits per heavy atom. The third-order valence-corrected chi connectivity index (χ3v) is 4.68. The van der Waals surface area contributed by atoms with Crippen molar-refractivity contribution in [3.05, 3.63) is 0 Å². The Kier molecular flexibility index (Phi) is 5.79. The molecule has 0 radical (unpaired) electrons. The molecule has 1 N–H and O–H groups in total. The van der Waals surface area contributed by atoms with Crippen molar-refractivity contribution in [3.63, 3.8) is 0 Å². The van der Waals surface area contributed by atoms with Gasteiger partial charge in [0.15, 0.2) is 0 Å². The second-order valence-electron chi connectivity index (χ2n) is 6.00. The van der Waals surface area contributed by atoms with Crippen molar-refractivity contribution in [2.24, 2.45) is 11.8 Å². The van der Waals surface area contributed by atoms with E-state index in [1.165, 1.54) is 57.9 Å². The fraction of sp³-hybridized carbons (Fsp3) is 1.00. The molecule has 1 atom stereocenters. The molecule has 0 aromatic heterocycles. The molecule has 1 aliphatic carbocycles. The van der Waals surface area contributed by atoms with E-state index in [4.69, 9.17) is 4.74 Å². The predicted octanol–water partition coefficient (Wildman–Crippen LogP) is 3.36. The Hall–Kier alpha value is -0.0800. The average Bonchev–Trinajstić information content (AvgIpc) is 2.65. The highest BCUT2D eigenvalue weighted by atomic mass is 16.5. The second kappa shape index (κ2) is 7.38. The van der Waals surface area contributed by atoms with E-state index in [-0.39, 0.29) is 0 Å². The van der Waals surface area contributed by atoms with Crippen LogP contribution in [0.25, 0.3) is 0 Å². The minimum Gasteiger partial charge on any atom is -0.381 e. The third kappa shape index (κ3) is 4.59. The van der Waals surface area contributed by atoms with E-state index < -0.39 is 0 Å². The van der Waals surface area contributed by atoms with Crippen LogP contribution in [0.1, 0.15) is 58.3 Å². The van der Waals surface area contributed by atoms with Crippen LogP contribution in [0.4, 0.5) is 0 Å². The van der Waals surface area contributed by atoms with Gasteiger partial charge in [0.05, 0.1) is 0 Å². The lowest BCUT2D eigenvalue weighted by Crippen LogP contribution is -2.39. The monoisotopic (exact) mass is 239 g/mol. The molecule has 0 aromatic rings. The number of hydrogen-bond donors (Lipinski definition) is 1. The quantitative estimate of drug-likeness (QED) is 0.760. The highest BCUT2D eigenvalue weighted by Crippen LogP contribution is 2.23. The highest BCUT2D eigenvalue weighted by molar-refractivity contribution is 4.76. The van der Waals surface area contributed by atoms with Crippen LogP contribution in [0.15, 0.2) is 0 Å². The largest absolute Gasteiger partial charge is 0.381 e. The summed E-state index contributed by atoms with van der Waals surface area (Å²) in [6.45, 7) is 5.56. The van der Waals surface area contributed by atoms with E-state index in [0.717, 1.165) is 25.0 Å². The molecule has 2 aliphatic rings. The van der Waals surface area contributed by atoms with Gasteiger partial charge in [-0.25, -0.2) is 0 Å². The molecule has 17 heavy (non-hydrogen) atoms. The van der Waals surface area contributed by atoms with E-state index in [2.05, 4.69) is 12.2 Å². The Bertz CT molecular complexity index is 193. The molecule has 1 aliphatic heterocycles. The summed E-state index contributed by atoms with van der Waals surface area (Å²) in [5.41, 5.74) is 0. The molecule has 1 heterocycles. The van der Waals surface area contributed by atoms with Crippen LogP contribution >= 0.6 is 0 Å². The first kappa shape index (κ1) is 13.4. The van der Waals surface area contributed by atoms with Crippen molar-refractivity contribution >= 4 is 0 Å². The smallest absolute Gasteiger partial charge is 0.0469 e. The van der Waals surface area contributed by atoms with Crippen LogP contribution in [-0.2, 0) is 4.74 Å². The summed E-state index contributed by atoms with van der Waals surface area (Å²) in [6, 6.07) is 0.683. The Labute approximate surface area is 107 Å². The summed E-state index contributed by atoms with van der Waals surface area (Å²) in [6.07, 6.45) is 11.2. The van der Waals surface area contributed by atoms with Crippen molar-refractivity contribution in [2.45, 2.75) is 64.3 Å². The summed E-state index contributed by atoms with van der Waals surface area (Å²) in [4.78, 5) is 0. The summed E-state index contributed by atoms with van der Waals surface area (Å²) < 4.78 is 5.43. The first-order valence-corrected chi connectivity index (χ1v) is 7.67. The van der Waals surface area contributed by atoms with E-state index in [0.29, 0.717) is 6.04 Å². The molecule has 100 valence electrons. The highest BCUT2D eigenvalue weighted by Gasteiger charge is 2.21. The Morgan fingerprint density at radius 1 is 1.00 bits per heavy atom. The average molecular weight is 239 g/mol. The lowest BCUT2D eigenvalue weighted by molar-refractivity contribution is 0.0554. The zero-order chi connectivity index (χ0) is 11.9. The first-order valence-electron chi connectivity index (χ1n) is 7.67. The lowest BCUT2D eigenvalue weighted by atomic mass is 9.92. The van der Waals surface area contributed by atoms with Gasteiger partial charge in [-0.1, -0.05) is 25.7 Å². The van der Waals surface area contributed by atoms with Crippen LogP contribution in [0, 0.1) is 11.8 Å². The van der Waals surface area contributed by atoms with Crippen LogP contribution < -0.4 is 5.32 Å². The standard InChI is InChI=1S/C15H29NO/c1-13(15-8-10-17-11-9-15)16-12-14-6-4-2-3-5-7-14/h13-16H,2-12H2,1H3. The fourth-order valence-electron chi connectivity index (χ4n) is 3.30. The first-order chi connectivity index (χ1) is 8.36. The predicted molar refractivity (Wildman–Crippen MR) is 72.2 cm³/mol. The SMILES string of the molecule is CC(NCC1CCCCCC1)C1CCOCC1. The van der Waals surface area contributed by atoms with Gasteiger partial charge in [0, 0.05) is 19.3 Å². The van der Waals surface area contributed by atoms with Gasteiger partial charge >= 0.3 is 0 Å². The van der Waals surface area contributed by atoms with Gasteiger partial charge in [0.25, 0.3) is 0 Å². The molecule has 0 spiro atoms. The number of rotatable bonds is 4. The van der Waals surface area contributed by atoms with Crippen LogP contribution in [0.5, 0.6) is 0 Å². The number of nitrogens with one attached hydrogen (secondary N) is 1. The molecular weight excluding hydrogens is 210 g/mol. The molecule has 1 saturated heterocycles. The Morgan fingerprint density at radius 3 is 2.29 bits per heavy atom.